The lowest BCUT2D eigenvalue weighted by Gasteiger charge is -2.05. The van der Waals surface area contributed by atoms with E-state index in [0.717, 1.165) is 33.9 Å². The summed E-state index contributed by atoms with van der Waals surface area (Å²) >= 11 is 0. The molecule has 4 aromatic rings. The maximum absolute atomic E-state index is 5.77. The molecule has 4 rings (SSSR count). The van der Waals surface area contributed by atoms with Crippen molar-refractivity contribution in [2.24, 2.45) is 5.73 Å². The molecule has 24 heavy (non-hydrogen) atoms. The summed E-state index contributed by atoms with van der Waals surface area (Å²) in [7, 11) is 0. The summed E-state index contributed by atoms with van der Waals surface area (Å²) < 4.78 is 2.05. The Morgan fingerprint density at radius 2 is 1.92 bits per heavy atom. The molecule has 118 valence electrons. The van der Waals surface area contributed by atoms with Crippen LogP contribution in [0.3, 0.4) is 0 Å². The van der Waals surface area contributed by atoms with Gasteiger partial charge in [-0.05, 0) is 30.7 Å². The Hall–Kier alpha value is -3.05. The number of aryl methyl sites for hydroxylation is 1. The van der Waals surface area contributed by atoms with Crippen molar-refractivity contribution >= 4 is 5.65 Å². The first-order valence-corrected chi connectivity index (χ1v) is 7.81. The molecule has 0 aliphatic carbocycles. The second-order valence-corrected chi connectivity index (χ2v) is 5.74. The highest BCUT2D eigenvalue weighted by Gasteiger charge is 2.17. The van der Waals surface area contributed by atoms with E-state index >= 15 is 0 Å². The summed E-state index contributed by atoms with van der Waals surface area (Å²) in [6, 6.07) is 14.3. The van der Waals surface area contributed by atoms with Gasteiger partial charge in [0.15, 0.2) is 0 Å². The summed E-state index contributed by atoms with van der Waals surface area (Å²) in [4.78, 5) is 13.3. The van der Waals surface area contributed by atoms with Crippen LogP contribution in [-0.4, -0.2) is 19.4 Å². The van der Waals surface area contributed by atoms with Gasteiger partial charge < -0.3 is 5.73 Å². The number of hydrogen-bond acceptors (Lipinski definition) is 4. The lowest BCUT2D eigenvalue weighted by atomic mass is 10.1. The third-order valence-electron chi connectivity index (χ3n) is 4.08. The molecule has 0 aliphatic heterocycles. The molecule has 5 heteroatoms. The summed E-state index contributed by atoms with van der Waals surface area (Å²) in [5.41, 5.74) is 12.7. The number of pyridine rings is 1. The zero-order chi connectivity index (χ0) is 16.5. The lowest BCUT2D eigenvalue weighted by molar-refractivity contribution is 1.05. The highest BCUT2D eigenvalue weighted by Crippen LogP contribution is 2.31. The van der Waals surface area contributed by atoms with Gasteiger partial charge in [0.05, 0.1) is 17.1 Å². The first-order chi connectivity index (χ1) is 11.8. The number of imidazole rings is 1. The highest BCUT2D eigenvalue weighted by molar-refractivity contribution is 5.80. The van der Waals surface area contributed by atoms with Gasteiger partial charge in [-0.1, -0.05) is 29.8 Å². The van der Waals surface area contributed by atoms with E-state index in [1.54, 1.807) is 12.5 Å². The molecule has 0 fully saturated rings. The Kier molecular flexibility index (Phi) is 3.55. The summed E-state index contributed by atoms with van der Waals surface area (Å²) in [6.45, 7) is 2.57. The molecule has 3 aromatic heterocycles. The van der Waals surface area contributed by atoms with E-state index in [4.69, 9.17) is 10.7 Å². The van der Waals surface area contributed by atoms with Crippen LogP contribution in [0.25, 0.3) is 28.3 Å². The Bertz CT molecular complexity index is 988. The quantitative estimate of drug-likeness (QED) is 0.630. The van der Waals surface area contributed by atoms with Crippen molar-refractivity contribution in [1.82, 2.24) is 19.4 Å². The summed E-state index contributed by atoms with van der Waals surface area (Å²) in [5, 5.41) is 0. The molecule has 1 aromatic carbocycles. The number of nitrogens with zero attached hydrogens (tertiary/aromatic N) is 4. The van der Waals surface area contributed by atoms with Crippen molar-refractivity contribution in [2.45, 2.75) is 13.5 Å². The molecule has 0 unspecified atom stereocenters. The van der Waals surface area contributed by atoms with Gasteiger partial charge >= 0.3 is 0 Å². The van der Waals surface area contributed by atoms with E-state index in [1.165, 1.54) is 5.56 Å². The number of fused-ring (bicyclic) bond motifs is 1. The Labute approximate surface area is 139 Å². The molecule has 0 saturated carbocycles. The Morgan fingerprint density at radius 3 is 2.62 bits per heavy atom. The van der Waals surface area contributed by atoms with Crippen LogP contribution in [-0.2, 0) is 6.54 Å². The van der Waals surface area contributed by atoms with Crippen LogP contribution in [0.4, 0.5) is 0 Å². The Balaban J connectivity index is 2.02. The van der Waals surface area contributed by atoms with Crippen molar-refractivity contribution in [3.8, 4) is 22.6 Å². The highest BCUT2D eigenvalue weighted by atomic mass is 15.0. The summed E-state index contributed by atoms with van der Waals surface area (Å²) in [6.07, 6.45) is 5.30. The smallest absolute Gasteiger partial charge is 0.138 e. The van der Waals surface area contributed by atoms with Crippen molar-refractivity contribution in [1.29, 1.82) is 0 Å². The minimum absolute atomic E-state index is 0.492. The zero-order valence-electron chi connectivity index (χ0n) is 13.3. The summed E-state index contributed by atoms with van der Waals surface area (Å²) in [5.74, 6) is 0. The van der Waals surface area contributed by atoms with Gasteiger partial charge in [-0.15, -0.1) is 0 Å². The van der Waals surface area contributed by atoms with Crippen LogP contribution < -0.4 is 5.73 Å². The number of nitrogens with two attached hydrogens (primary N) is 1. The van der Waals surface area contributed by atoms with Gasteiger partial charge in [0, 0.05) is 24.5 Å². The molecule has 0 saturated heterocycles. The van der Waals surface area contributed by atoms with E-state index < -0.39 is 0 Å². The molecule has 0 amide bonds. The van der Waals surface area contributed by atoms with E-state index in [2.05, 4.69) is 45.6 Å². The van der Waals surface area contributed by atoms with Crippen LogP contribution in [0.1, 0.15) is 11.1 Å². The fraction of sp³-hybridized carbons (Fsp3) is 0.105. The molecule has 2 N–H and O–H groups in total. The second-order valence-electron chi connectivity index (χ2n) is 5.74. The molecular weight excluding hydrogens is 298 g/mol. The topological polar surface area (TPSA) is 69.1 Å². The van der Waals surface area contributed by atoms with Gasteiger partial charge in [0.25, 0.3) is 0 Å². The van der Waals surface area contributed by atoms with E-state index in [1.807, 2.05) is 24.4 Å². The van der Waals surface area contributed by atoms with Gasteiger partial charge in [0.1, 0.15) is 12.0 Å². The average molecular weight is 315 g/mol. The van der Waals surface area contributed by atoms with Gasteiger partial charge in [-0.2, -0.15) is 0 Å². The van der Waals surface area contributed by atoms with E-state index in [-0.39, 0.29) is 0 Å². The standard InChI is InChI=1S/C19H17N5/c1-13-2-4-15(5-3-13)18-19(16-6-8-21-12-22-16)24-9-7-14(11-20)10-17(24)23-18/h2-10,12H,11,20H2,1H3. The molecule has 0 aliphatic rings. The molecule has 0 spiro atoms. The molecule has 0 atom stereocenters. The third kappa shape index (κ3) is 2.45. The number of rotatable bonds is 3. The van der Waals surface area contributed by atoms with Crippen molar-refractivity contribution in [2.75, 3.05) is 0 Å². The van der Waals surface area contributed by atoms with Gasteiger partial charge in [0.2, 0.25) is 0 Å². The van der Waals surface area contributed by atoms with E-state index in [0.29, 0.717) is 6.54 Å². The molecule has 5 nitrogen and oxygen atoms in total. The molecule has 3 heterocycles. The largest absolute Gasteiger partial charge is 0.326 e. The zero-order valence-corrected chi connectivity index (χ0v) is 13.3. The average Bonchev–Trinajstić information content (AvgIpc) is 3.01. The molecule has 0 bridgehead atoms. The number of aromatic nitrogens is 4. The van der Waals surface area contributed by atoms with Gasteiger partial charge in [-0.3, -0.25) is 4.40 Å². The first-order valence-electron chi connectivity index (χ1n) is 7.81. The number of hydrogen-bond donors (Lipinski definition) is 1. The third-order valence-corrected chi connectivity index (χ3v) is 4.08. The normalized spacial score (nSPS) is 11.1. The predicted octanol–water partition coefficient (Wildman–Crippen LogP) is 3.23. The molecular formula is C19H17N5. The molecule has 0 radical (unpaired) electrons. The fourth-order valence-corrected chi connectivity index (χ4v) is 2.80. The van der Waals surface area contributed by atoms with E-state index in [9.17, 15) is 0 Å². The lowest BCUT2D eigenvalue weighted by Crippen LogP contribution is -1.98. The first kappa shape index (κ1) is 14.5. The number of benzene rings is 1. The van der Waals surface area contributed by atoms with Crippen LogP contribution in [0.2, 0.25) is 0 Å². The fourth-order valence-electron chi connectivity index (χ4n) is 2.80. The van der Waals surface area contributed by atoms with Crippen molar-refractivity contribution in [3.63, 3.8) is 0 Å². The maximum Gasteiger partial charge on any atom is 0.138 e. The van der Waals surface area contributed by atoms with Crippen LogP contribution in [0.15, 0.2) is 61.2 Å². The monoisotopic (exact) mass is 315 g/mol. The van der Waals surface area contributed by atoms with Crippen LogP contribution >= 0.6 is 0 Å². The van der Waals surface area contributed by atoms with Crippen LogP contribution in [0.5, 0.6) is 0 Å². The predicted molar refractivity (Wildman–Crippen MR) is 94.3 cm³/mol. The van der Waals surface area contributed by atoms with Gasteiger partial charge in [-0.25, -0.2) is 15.0 Å². The van der Waals surface area contributed by atoms with Crippen LogP contribution in [0, 0.1) is 6.92 Å². The Morgan fingerprint density at radius 1 is 1.08 bits per heavy atom. The van der Waals surface area contributed by atoms with Crippen molar-refractivity contribution < 1.29 is 0 Å². The maximum atomic E-state index is 5.77. The van der Waals surface area contributed by atoms with Crippen molar-refractivity contribution in [3.05, 3.63) is 72.3 Å². The SMILES string of the molecule is Cc1ccc(-c2nc3cc(CN)ccn3c2-c2ccncn2)cc1. The minimum Gasteiger partial charge on any atom is -0.326 e. The second kappa shape index (κ2) is 5.86. The minimum atomic E-state index is 0.492.